The molecule has 3 aromatic rings. The summed E-state index contributed by atoms with van der Waals surface area (Å²) in [6, 6.07) is 15.5. The summed E-state index contributed by atoms with van der Waals surface area (Å²) in [4.78, 5) is 17.9. The van der Waals surface area contributed by atoms with Gasteiger partial charge in [0.25, 0.3) is 0 Å². The maximum atomic E-state index is 11.9. The summed E-state index contributed by atoms with van der Waals surface area (Å²) < 4.78 is 0. The monoisotopic (exact) mass is 496 g/mol. The van der Waals surface area contributed by atoms with Gasteiger partial charge in [-0.05, 0) is 61.8 Å². The highest BCUT2D eigenvalue weighted by molar-refractivity contribution is 7.99. The minimum absolute atomic E-state index is 0.499. The highest BCUT2D eigenvalue weighted by atomic mass is 35.5. The number of nitrogens with one attached hydrogen (secondary N) is 2. The van der Waals surface area contributed by atoms with Gasteiger partial charge < -0.3 is 11.1 Å². The first-order chi connectivity index (χ1) is 15.8. The molecule has 0 saturated heterocycles. The predicted molar refractivity (Wildman–Crippen MR) is 139 cm³/mol. The number of fused-ring (bicyclic) bond motifs is 1. The molecule has 0 radical (unpaired) electrons. The Kier molecular flexibility index (Phi) is 6.66. The number of hydrogen-bond acceptors (Lipinski definition) is 5. The first-order valence-corrected chi connectivity index (χ1v) is 13.2. The summed E-state index contributed by atoms with van der Waals surface area (Å²) in [6.45, 7) is 4.07. The summed E-state index contributed by atoms with van der Waals surface area (Å²) in [5.41, 5.74) is 10.6. The fraction of sp³-hybridized carbons (Fsp3) is 0.200. The van der Waals surface area contributed by atoms with E-state index in [4.69, 9.17) is 22.3 Å². The highest BCUT2D eigenvalue weighted by Gasteiger charge is 2.44. The molecule has 4 rings (SSSR count). The quantitative estimate of drug-likeness (QED) is 0.374. The van der Waals surface area contributed by atoms with Crippen molar-refractivity contribution in [3.05, 3.63) is 93.4 Å². The number of aromatic nitrogens is 1. The zero-order valence-corrected chi connectivity index (χ0v) is 21.2. The molecule has 4 N–H and O–H groups in total. The fourth-order valence-electron chi connectivity index (χ4n) is 4.40. The topological polar surface area (TPSA) is 80.0 Å². The number of aryl methyl sites for hydroxylation is 2. The molecule has 170 valence electrons. The van der Waals surface area contributed by atoms with Crippen molar-refractivity contribution in [2.45, 2.75) is 29.2 Å². The molecule has 0 spiro atoms. The molecule has 0 aliphatic carbocycles. The number of rotatable bonds is 5. The Morgan fingerprint density at radius 1 is 1.09 bits per heavy atom. The lowest BCUT2D eigenvalue weighted by Gasteiger charge is -2.41. The lowest BCUT2D eigenvalue weighted by atomic mass is 9.67. The van der Waals surface area contributed by atoms with Crippen molar-refractivity contribution < 1.29 is 4.79 Å². The zero-order valence-electron chi connectivity index (χ0n) is 18.8. The molecule has 1 aliphatic heterocycles. The van der Waals surface area contributed by atoms with Crippen LogP contribution in [-0.2, 0) is 5.41 Å². The number of urea groups is 1. The summed E-state index contributed by atoms with van der Waals surface area (Å²) in [5, 5.41) is 7.61. The van der Waals surface area contributed by atoms with E-state index in [0.717, 1.165) is 43.6 Å². The molecule has 1 atom stereocenters. The van der Waals surface area contributed by atoms with E-state index in [2.05, 4.69) is 35.9 Å². The Hall–Kier alpha value is -2.61. The number of benzene rings is 2. The number of pyridine rings is 1. The fourth-order valence-corrected chi connectivity index (χ4v) is 6.21. The summed E-state index contributed by atoms with van der Waals surface area (Å²) in [6.07, 6.45) is 6.10. The molecule has 0 fully saturated rings. The number of nitrogens with zero attached hydrogens (tertiary/aromatic N) is 1. The van der Waals surface area contributed by atoms with Gasteiger partial charge in [0.2, 0.25) is 0 Å². The molecule has 1 aliphatic rings. The van der Waals surface area contributed by atoms with Gasteiger partial charge in [0.05, 0.1) is 5.41 Å². The van der Waals surface area contributed by atoms with Gasteiger partial charge in [0, 0.05) is 26.9 Å². The number of nitrogens with two attached hydrogens (primary N) is 1. The second-order valence-electron chi connectivity index (χ2n) is 7.86. The van der Waals surface area contributed by atoms with Gasteiger partial charge in [-0.1, -0.05) is 47.5 Å². The molecule has 1 aromatic heterocycles. The van der Waals surface area contributed by atoms with Crippen molar-refractivity contribution in [3.63, 3.8) is 0 Å². The second kappa shape index (κ2) is 9.33. The van der Waals surface area contributed by atoms with Crippen LogP contribution in [0.4, 0.5) is 10.5 Å². The van der Waals surface area contributed by atoms with Gasteiger partial charge in [0.1, 0.15) is 10.8 Å². The largest absolute Gasteiger partial charge is 0.351 e. The molecule has 1 unspecified atom stereocenters. The summed E-state index contributed by atoms with van der Waals surface area (Å²) in [5.74, 6) is 0.499. The van der Waals surface area contributed by atoms with Crippen molar-refractivity contribution in [1.29, 1.82) is 0 Å². The van der Waals surface area contributed by atoms with Gasteiger partial charge in [-0.3, -0.25) is 5.32 Å². The van der Waals surface area contributed by atoms with E-state index in [1.54, 1.807) is 23.5 Å². The number of halogens is 1. The molecular formula is C25H25ClN4OS2. The minimum Gasteiger partial charge on any atom is -0.351 e. The first-order valence-electron chi connectivity index (χ1n) is 10.3. The molecule has 2 aromatic carbocycles. The molecule has 33 heavy (non-hydrogen) atoms. The molecule has 2 heterocycles. The van der Waals surface area contributed by atoms with Crippen LogP contribution in [0.2, 0.25) is 5.02 Å². The van der Waals surface area contributed by atoms with Gasteiger partial charge in [-0.15, -0.1) is 23.5 Å². The van der Waals surface area contributed by atoms with E-state index in [1.165, 1.54) is 0 Å². The van der Waals surface area contributed by atoms with E-state index in [1.807, 2.05) is 55.7 Å². The number of allylic oxidation sites excluding steroid dienone is 1. The van der Waals surface area contributed by atoms with Crippen LogP contribution in [0.1, 0.15) is 27.9 Å². The Bertz CT molecular complexity index is 1250. The predicted octanol–water partition coefficient (Wildman–Crippen LogP) is 6.07. The van der Waals surface area contributed by atoms with Crippen LogP contribution < -0.4 is 16.4 Å². The SMILES string of the molecule is CSc1cc(C)nc(SC)c1C1(c2ccccc2Cl)C=C(NC(N)=O)Nc2ccc(C)cc21. The Balaban J connectivity index is 2.23. The van der Waals surface area contributed by atoms with Crippen LogP contribution in [0.3, 0.4) is 0 Å². The van der Waals surface area contributed by atoms with Crippen LogP contribution in [0.25, 0.3) is 0 Å². The van der Waals surface area contributed by atoms with Crippen LogP contribution in [0.15, 0.2) is 70.3 Å². The number of carbonyl (C=O) groups excluding carboxylic acids is 1. The van der Waals surface area contributed by atoms with Crippen molar-refractivity contribution >= 4 is 46.8 Å². The third kappa shape index (κ3) is 4.21. The second-order valence-corrected chi connectivity index (χ2v) is 9.91. The Labute approximate surface area is 207 Å². The third-order valence-electron chi connectivity index (χ3n) is 5.67. The number of carbonyl (C=O) groups is 1. The normalized spacial score (nSPS) is 17.1. The van der Waals surface area contributed by atoms with Crippen LogP contribution in [-0.4, -0.2) is 23.5 Å². The number of amides is 2. The Morgan fingerprint density at radius 2 is 1.85 bits per heavy atom. The van der Waals surface area contributed by atoms with Crippen molar-refractivity contribution in [1.82, 2.24) is 10.3 Å². The molecule has 8 heteroatoms. The van der Waals surface area contributed by atoms with Crippen LogP contribution in [0.5, 0.6) is 0 Å². The molecule has 2 amide bonds. The average Bonchev–Trinajstić information content (AvgIpc) is 2.78. The van der Waals surface area contributed by atoms with Crippen molar-refractivity contribution in [2.75, 3.05) is 17.8 Å². The minimum atomic E-state index is -0.819. The average molecular weight is 497 g/mol. The highest BCUT2D eigenvalue weighted by Crippen LogP contribution is 2.53. The smallest absolute Gasteiger partial charge is 0.317 e. The third-order valence-corrected chi connectivity index (χ3v) is 7.45. The van der Waals surface area contributed by atoms with E-state index < -0.39 is 11.4 Å². The lowest BCUT2D eigenvalue weighted by Crippen LogP contribution is -2.40. The summed E-state index contributed by atoms with van der Waals surface area (Å²) >= 11 is 10.1. The van der Waals surface area contributed by atoms with Gasteiger partial charge >= 0.3 is 6.03 Å². The first kappa shape index (κ1) is 23.5. The van der Waals surface area contributed by atoms with Gasteiger partial charge in [0.15, 0.2) is 0 Å². The van der Waals surface area contributed by atoms with Gasteiger partial charge in [-0.2, -0.15) is 0 Å². The lowest BCUT2D eigenvalue weighted by molar-refractivity contribution is 0.251. The van der Waals surface area contributed by atoms with Crippen molar-refractivity contribution in [2.24, 2.45) is 5.73 Å². The van der Waals surface area contributed by atoms with Gasteiger partial charge in [-0.25, -0.2) is 9.78 Å². The van der Waals surface area contributed by atoms with Crippen molar-refractivity contribution in [3.8, 4) is 0 Å². The van der Waals surface area contributed by atoms with E-state index in [0.29, 0.717) is 10.8 Å². The number of thioether (sulfide) groups is 2. The van der Waals surface area contributed by atoms with E-state index >= 15 is 0 Å². The van der Waals surface area contributed by atoms with Crippen LogP contribution in [0, 0.1) is 13.8 Å². The number of anilines is 1. The standard InChI is InChI=1S/C25H25ClN4OS2/c1-14-9-10-19-17(11-14)25(13-21(29-19)30-24(27)31,16-7-5-6-8-18(16)26)22-20(32-3)12-15(2)28-23(22)33-4/h5-13,29H,1-4H3,(H3,27,30,31). The molecular weight excluding hydrogens is 472 g/mol. The summed E-state index contributed by atoms with van der Waals surface area (Å²) in [7, 11) is 0. The Morgan fingerprint density at radius 3 is 2.52 bits per heavy atom. The maximum Gasteiger partial charge on any atom is 0.317 e. The zero-order chi connectivity index (χ0) is 23.8. The molecule has 5 nitrogen and oxygen atoms in total. The van der Waals surface area contributed by atoms with E-state index in [9.17, 15) is 4.79 Å². The molecule has 0 saturated carbocycles. The number of hydrogen-bond donors (Lipinski definition) is 3. The van der Waals surface area contributed by atoms with E-state index in [-0.39, 0.29) is 0 Å². The van der Waals surface area contributed by atoms with Crippen LogP contribution >= 0.6 is 35.1 Å². The number of primary amides is 1. The molecule has 0 bridgehead atoms. The maximum absolute atomic E-state index is 11.9.